The predicted molar refractivity (Wildman–Crippen MR) is 107 cm³/mol. The lowest BCUT2D eigenvalue weighted by Crippen LogP contribution is -2.48. The second-order valence-electron chi connectivity index (χ2n) is 7.47. The molecule has 0 aliphatic carbocycles. The zero-order chi connectivity index (χ0) is 19.5. The monoisotopic (exact) mass is 385 g/mol. The van der Waals surface area contributed by atoms with Crippen LogP contribution in [0.1, 0.15) is 29.6 Å². The summed E-state index contributed by atoms with van der Waals surface area (Å²) in [5.41, 5.74) is 2.62. The van der Waals surface area contributed by atoms with Gasteiger partial charge < -0.3 is 14.7 Å². The molecular formula is C22H25F2N3O. The second kappa shape index (κ2) is 8.17. The molecule has 0 bridgehead atoms. The van der Waals surface area contributed by atoms with E-state index in [1.165, 1.54) is 31.0 Å². The maximum Gasteiger partial charge on any atom is 0.254 e. The van der Waals surface area contributed by atoms with Crippen LogP contribution in [0.3, 0.4) is 0 Å². The van der Waals surface area contributed by atoms with Crippen molar-refractivity contribution in [2.24, 2.45) is 0 Å². The fourth-order valence-corrected chi connectivity index (χ4v) is 4.01. The molecule has 2 aliphatic rings. The van der Waals surface area contributed by atoms with Gasteiger partial charge in [0.05, 0.1) is 0 Å². The van der Waals surface area contributed by atoms with Crippen LogP contribution in [0.25, 0.3) is 0 Å². The quantitative estimate of drug-likeness (QED) is 0.801. The molecule has 0 spiro atoms. The third-order valence-corrected chi connectivity index (χ3v) is 5.67. The highest BCUT2D eigenvalue weighted by Crippen LogP contribution is 2.24. The zero-order valence-corrected chi connectivity index (χ0v) is 15.9. The number of hydrogen-bond acceptors (Lipinski definition) is 3. The second-order valence-corrected chi connectivity index (χ2v) is 7.47. The average molecular weight is 385 g/mol. The summed E-state index contributed by atoms with van der Waals surface area (Å²) in [6, 6.07) is 12.0. The fraction of sp³-hybridized carbons (Fsp3) is 0.409. The molecule has 4 rings (SSSR count). The molecule has 0 N–H and O–H groups in total. The van der Waals surface area contributed by atoms with Crippen LogP contribution < -0.4 is 9.80 Å². The smallest absolute Gasteiger partial charge is 0.254 e. The van der Waals surface area contributed by atoms with Crippen molar-refractivity contribution in [3.05, 3.63) is 59.7 Å². The van der Waals surface area contributed by atoms with E-state index < -0.39 is 11.6 Å². The van der Waals surface area contributed by atoms with E-state index in [0.29, 0.717) is 13.1 Å². The Morgan fingerprint density at radius 1 is 0.679 bits per heavy atom. The van der Waals surface area contributed by atoms with E-state index >= 15 is 0 Å². The van der Waals surface area contributed by atoms with Gasteiger partial charge in [0.2, 0.25) is 0 Å². The lowest BCUT2D eigenvalue weighted by molar-refractivity contribution is 0.0746. The molecule has 6 heteroatoms. The molecule has 28 heavy (non-hydrogen) atoms. The van der Waals surface area contributed by atoms with E-state index in [4.69, 9.17) is 0 Å². The van der Waals surface area contributed by atoms with Crippen molar-refractivity contribution in [3.8, 4) is 0 Å². The zero-order valence-electron chi connectivity index (χ0n) is 15.9. The Morgan fingerprint density at radius 3 is 1.82 bits per heavy atom. The van der Waals surface area contributed by atoms with Gasteiger partial charge in [-0.1, -0.05) is 0 Å². The van der Waals surface area contributed by atoms with Gasteiger partial charge in [-0.05, 0) is 61.7 Å². The number of carbonyl (C=O) groups is 1. The molecule has 0 aromatic heterocycles. The first-order chi connectivity index (χ1) is 13.6. The molecule has 2 aliphatic heterocycles. The number of hydrogen-bond donors (Lipinski definition) is 0. The van der Waals surface area contributed by atoms with Gasteiger partial charge in [-0.2, -0.15) is 0 Å². The maximum absolute atomic E-state index is 13.4. The minimum atomic E-state index is -0.988. The first-order valence-corrected chi connectivity index (χ1v) is 9.96. The highest BCUT2D eigenvalue weighted by Gasteiger charge is 2.23. The molecule has 0 atom stereocenters. The molecule has 1 amide bonds. The van der Waals surface area contributed by atoms with Crippen molar-refractivity contribution in [2.75, 3.05) is 49.1 Å². The van der Waals surface area contributed by atoms with Crippen molar-refractivity contribution in [1.82, 2.24) is 4.90 Å². The summed E-state index contributed by atoms with van der Waals surface area (Å²) < 4.78 is 26.5. The molecule has 2 saturated heterocycles. The molecule has 2 aromatic rings. The van der Waals surface area contributed by atoms with Gasteiger partial charge in [0.25, 0.3) is 5.91 Å². The van der Waals surface area contributed by atoms with E-state index in [9.17, 15) is 13.6 Å². The van der Waals surface area contributed by atoms with Crippen LogP contribution >= 0.6 is 0 Å². The summed E-state index contributed by atoms with van der Waals surface area (Å²) >= 11 is 0. The van der Waals surface area contributed by atoms with Crippen LogP contribution in [0.5, 0.6) is 0 Å². The fourth-order valence-electron chi connectivity index (χ4n) is 4.01. The van der Waals surface area contributed by atoms with Crippen LogP contribution in [0.2, 0.25) is 0 Å². The number of benzene rings is 2. The van der Waals surface area contributed by atoms with E-state index in [1.54, 1.807) is 4.90 Å². The molecule has 0 radical (unpaired) electrons. The maximum atomic E-state index is 13.4. The molecule has 2 aromatic carbocycles. The van der Waals surface area contributed by atoms with Crippen molar-refractivity contribution in [2.45, 2.75) is 19.3 Å². The summed E-state index contributed by atoms with van der Waals surface area (Å²) in [6.07, 6.45) is 3.84. The van der Waals surface area contributed by atoms with Gasteiger partial charge in [-0.25, -0.2) is 8.78 Å². The SMILES string of the molecule is O=C(c1ccc(F)c(F)c1)N1CCN(c2ccc(N3CCCCC3)cc2)CC1. The predicted octanol–water partition coefficient (Wildman–Crippen LogP) is 3.92. The van der Waals surface area contributed by atoms with E-state index in [2.05, 4.69) is 34.1 Å². The summed E-state index contributed by atoms with van der Waals surface area (Å²) in [7, 11) is 0. The standard InChI is InChI=1S/C22H25F2N3O/c23-20-9-4-17(16-21(20)24)22(28)27-14-12-26(13-15-27)19-7-5-18(6-8-19)25-10-2-1-3-11-25/h4-9,16H,1-3,10-15H2. The van der Waals surface area contributed by atoms with Crippen LogP contribution in [-0.2, 0) is 0 Å². The van der Waals surface area contributed by atoms with Crippen molar-refractivity contribution in [1.29, 1.82) is 0 Å². The van der Waals surface area contributed by atoms with Crippen molar-refractivity contribution in [3.63, 3.8) is 0 Å². The van der Waals surface area contributed by atoms with Crippen LogP contribution in [0.15, 0.2) is 42.5 Å². The summed E-state index contributed by atoms with van der Waals surface area (Å²) in [4.78, 5) is 18.9. The Bertz CT molecular complexity index is 826. The van der Waals surface area contributed by atoms with Gasteiger partial charge in [-0.15, -0.1) is 0 Å². The van der Waals surface area contributed by atoms with Gasteiger partial charge in [0.15, 0.2) is 11.6 Å². The van der Waals surface area contributed by atoms with E-state index in [0.717, 1.165) is 44.0 Å². The number of carbonyl (C=O) groups excluding carboxylic acids is 1. The van der Waals surface area contributed by atoms with Crippen molar-refractivity contribution < 1.29 is 13.6 Å². The Morgan fingerprint density at radius 2 is 1.25 bits per heavy atom. The Labute approximate surface area is 164 Å². The largest absolute Gasteiger partial charge is 0.372 e. The van der Waals surface area contributed by atoms with Gasteiger partial charge >= 0.3 is 0 Å². The number of amides is 1. The van der Waals surface area contributed by atoms with Gasteiger partial charge in [-0.3, -0.25) is 4.79 Å². The molecule has 0 unspecified atom stereocenters. The lowest BCUT2D eigenvalue weighted by Gasteiger charge is -2.36. The van der Waals surface area contributed by atoms with Crippen LogP contribution in [-0.4, -0.2) is 50.1 Å². The van der Waals surface area contributed by atoms with E-state index in [1.807, 2.05) is 0 Å². The number of halogens is 2. The number of piperidine rings is 1. The topological polar surface area (TPSA) is 26.8 Å². The third-order valence-electron chi connectivity index (χ3n) is 5.67. The Balaban J connectivity index is 1.35. The average Bonchev–Trinajstić information content (AvgIpc) is 2.76. The summed E-state index contributed by atoms with van der Waals surface area (Å²) in [6.45, 7) is 4.82. The van der Waals surface area contributed by atoms with Gasteiger partial charge in [0.1, 0.15) is 0 Å². The number of rotatable bonds is 3. The van der Waals surface area contributed by atoms with Crippen LogP contribution in [0, 0.1) is 11.6 Å². The minimum absolute atomic E-state index is 0.193. The lowest BCUT2D eigenvalue weighted by atomic mass is 10.1. The molecule has 2 heterocycles. The van der Waals surface area contributed by atoms with Gasteiger partial charge in [0, 0.05) is 56.2 Å². The number of piperazine rings is 1. The number of nitrogens with zero attached hydrogens (tertiary/aromatic N) is 3. The molecule has 2 fully saturated rings. The highest BCUT2D eigenvalue weighted by molar-refractivity contribution is 5.94. The third kappa shape index (κ3) is 3.96. The molecule has 4 nitrogen and oxygen atoms in total. The summed E-state index contributed by atoms with van der Waals surface area (Å²) in [5, 5.41) is 0. The number of anilines is 2. The Kier molecular flexibility index (Phi) is 5.46. The van der Waals surface area contributed by atoms with Crippen LogP contribution in [0.4, 0.5) is 20.2 Å². The first-order valence-electron chi connectivity index (χ1n) is 9.96. The highest BCUT2D eigenvalue weighted by atomic mass is 19.2. The molecule has 148 valence electrons. The first kappa shape index (κ1) is 18.7. The normalized spacial score (nSPS) is 17.7. The molecular weight excluding hydrogens is 360 g/mol. The minimum Gasteiger partial charge on any atom is -0.372 e. The van der Waals surface area contributed by atoms with E-state index in [-0.39, 0.29) is 11.5 Å². The summed E-state index contributed by atoms with van der Waals surface area (Å²) in [5.74, 6) is -2.17. The molecule has 0 saturated carbocycles. The Hall–Kier alpha value is -2.63. The van der Waals surface area contributed by atoms with Crippen molar-refractivity contribution >= 4 is 17.3 Å².